The van der Waals surface area contributed by atoms with E-state index in [-0.39, 0.29) is 11.5 Å². The second kappa shape index (κ2) is 4.31. The molecule has 0 saturated heterocycles. The van der Waals surface area contributed by atoms with Crippen molar-refractivity contribution in [2.45, 2.75) is 13.8 Å². The van der Waals surface area contributed by atoms with Gasteiger partial charge in [0.1, 0.15) is 0 Å². The third-order valence-corrected chi connectivity index (χ3v) is 1.50. The highest BCUT2D eigenvalue weighted by Crippen LogP contribution is 2.19. The van der Waals surface area contributed by atoms with Gasteiger partial charge in [-0.1, -0.05) is 20.4 Å². The maximum Gasteiger partial charge on any atom is 0.367 e. The van der Waals surface area contributed by atoms with Crippen molar-refractivity contribution in [2.75, 3.05) is 0 Å². The van der Waals surface area contributed by atoms with Gasteiger partial charge in [-0.25, -0.2) is 9.36 Å². The largest absolute Gasteiger partial charge is 0.390 e. The first kappa shape index (κ1) is 10.4. The van der Waals surface area contributed by atoms with Gasteiger partial charge in [0.15, 0.2) is 0 Å². The molecule has 0 bridgehead atoms. The minimum Gasteiger partial charge on any atom is -0.390 e. The molecule has 0 aliphatic heterocycles. The fourth-order valence-electron chi connectivity index (χ4n) is 0.381. The topological polar surface area (TPSA) is 63.6 Å². The van der Waals surface area contributed by atoms with Crippen molar-refractivity contribution in [3.8, 4) is 0 Å². The number of rotatable bonds is 3. The molecular weight excluding hydrogens is 167 g/mol. The number of carbonyl (C=O) groups is 1. The summed E-state index contributed by atoms with van der Waals surface area (Å²) in [5.74, 6) is -0.866. The molecule has 64 valence electrons. The maximum atomic E-state index is 10.7. The highest BCUT2D eigenvalue weighted by Gasteiger charge is 2.13. The molecule has 0 saturated carbocycles. The zero-order valence-corrected chi connectivity index (χ0v) is 7.46. The van der Waals surface area contributed by atoms with Crippen molar-refractivity contribution in [1.29, 1.82) is 0 Å². The van der Waals surface area contributed by atoms with E-state index in [2.05, 4.69) is 11.1 Å². The highest BCUT2D eigenvalue weighted by atomic mass is 31.1. The second-order valence-electron chi connectivity index (χ2n) is 2.34. The summed E-state index contributed by atoms with van der Waals surface area (Å²) >= 11 is 0. The Balaban J connectivity index is 4.05. The van der Waals surface area contributed by atoms with E-state index in [9.17, 15) is 9.36 Å². The van der Waals surface area contributed by atoms with E-state index >= 15 is 0 Å². The molecule has 0 aliphatic rings. The summed E-state index contributed by atoms with van der Waals surface area (Å²) < 4.78 is 14.1. The molecule has 0 aromatic carbocycles. The van der Waals surface area contributed by atoms with Gasteiger partial charge >= 0.3 is 14.2 Å². The molecule has 0 spiro atoms. The Bertz CT molecular complexity index is 197. The van der Waals surface area contributed by atoms with E-state index in [4.69, 9.17) is 4.89 Å². The lowest BCUT2D eigenvalue weighted by atomic mass is 10.1. The van der Waals surface area contributed by atoms with Crippen molar-refractivity contribution >= 4 is 14.2 Å². The lowest BCUT2D eigenvalue weighted by molar-refractivity contribution is -0.130. The van der Waals surface area contributed by atoms with E-state index < -0.39 is 14.2 Å². The van der Waals surface area contributed by atoms with Crippen LogP contribution in [0.25, 0.3) is 0 Å². The van der Waals surface area contributed by atoms with Gasteiger partial charge in [-0.05, 0) is 5.92 Å². The monoisotopic (exact) mass is 178 g/mol. The van der Waals surface area contributed by atoms with Crippen LogP contribution >= 0.6 is 8.25 Å². The van der Waals surface area contributed by atoms with Crippen molar-refractivity contribution in [3.05, 3.63) is 12.2 Å². The first-order chi connectivity index (χ1) is 4.95. The lowest BCUT2D eigenvalue weighted by Gasteiger charge is -2.05. The molecule has 1 atom stereocenters. The van der Waals surface area contributed by atoms with Crippen LogP contribution in [0.4, 0.5) is 0 Å². The summed E-state index contributed by atoms with van der Waals surface area (Å²) in [4.78, 5) is 19.0. The first-order valence-electron chi connectivity index (χ1n) is 3.09. The number of hydrogen-bond donors (Lipinski definition) is 1. The van der Waals surface area contributed by atoms with Gasteiger partial charge in [0, 0.05) is 5.57 Å². The Labute approximate surface area is 65.8 Å². The van der Waals surface area contributed by atoms with Crippen LogP contribution in [-0.4, -0.2) is 10.9 Å². The van der Waals surface area contributed by atoms with Crippen LogP contribution < -0.4 is 0 Å². The summed E-state index contributed by atoms with van der Waals surface area (Å²) in [7, 11) is -3.17. The molecule has 0 fully saturated rings. The quantitative estimate of drug-likeness (QED) is 0.519. The summed E-state index contributed by atoms with van der Waals surface area (Å²) in [6, 6.07) is 0. The minimum atomic E-state index is -3.17. The summed E-state index contributed by atoms with van der Waals surface area (Å²) in [5, 5.41) is 0. The van der Waals surface area contributed by atoms with Crippen molar-refractivity contribution in [2.24, 2.45) is 5.92 Å². The fraction of sp³-hybridized carbons (Fsp3) is 0.500. The van der Waals surface area contributed by atoms with Crippen LogP contribution in [0.3, 0.4) is 0 Å². The number of hydrogen-bond acceptors (Lipinski definition) is 3. The lowest BCUT2D eigenvalue weighted by Crippen LogP contribution is -2.07. The van der Waals surface area contributed by atoms with E-state index in [0.717, 1.165) is 0 Å². The van der Waals surface area contributed by atoms with Crippen LogP contribution in [0, 0.1) is 5.92 Å². The molecule has 0 amide bonds. The zero-order chi connectivity index (χ0) is 9.02. The molecular formula is C6H11O4P. The molecule has 4 nitrogen and oxygen atoms in total. The summed E-state index contributed by atoms with van der Waals surface area (Å²) in [6.07, 6.45) is 0. The Morgan fingerprint density at radius 3 is 2.36 bits per heavy atom. The molecule has 0 heterocycles. The van der Waals surface area contributed by atoms with Gasteiger partial charge < -0.3 is 9.42 Å². The van der Waals surface area contributed by atoms with Crippen LogP contribution in [0.5, 0.6) is 0 Å². The van der Waals surface area contributed by atoms with Gasteiger partial charge in [-0.3, -0.25) is 0 Å². The van der Waals surface area contributed by atoms with Gasteiger partial charge in [0.2, 0.25) is 0 Å². The first-order valence-corrected chi connectivity index (χ1v) is 4.35. The van der Waals surface area contributed by atoms with Gasteiger partial charge in [0.05, 0.1) is 0 Å². The zero-order valence-electron chi connectivity index (χ0n) is 6.46. The molecule has 0 rings (SSSR count). The highest BCUT2D eigenvalue weighted by molar-refractivity contribution is 7.32. The summed E-state index contributed by atoms with van der Waals surface area (Å²) in [5.41, 5.74) is 0.206. The molecule has 0 radical (unpaired) electrons. The normalized spacial score (nSPS) is 12.7. The predicted octanol–water partition coefficient (Wildman–Crippen LogP) is 1.12. The van der Waals surface area contributed by atoms with E-state index in [1.807, 2.05) is 0 Å². The standard InChI is InChI=1S/C6H11O4P/c1-4(2)5(3)6(7)10-11(8)9/h4,11H,3H2,1-2H3,(H,8,9). The van der Waals surface area contributed by atoms with E-state index in [1.54, 1.807) is 13.8 Å². The van der Waals surface area contributed by atoms with Crippen LogP contribution in [-0.2, 0) is 13.9 Å². The van der Waals surface area contributed by atoms with Crippen LogP contribution in [0.15, 0.2) is 12.2 Å². The molecule has 1 unspecified atom stereocenters. The Morgan fingerprint density at radius 2 is 2.09 bits per heavy atom. The van der Waals surface area contributed by atoms with Gasteiger partial charge in [0.25, 0.3) is 0 Å². The van der Waals surface area contributed by atoms with E-state index in [0.29, 0.717) is 0 Å². The minimum absolute atomic E-state index is 0.0659. The van der Waals surface area contributed by atoms with Crippen molar-refractivity contribution in [3.63, 3.8) is 0 Å². The summed E-state index contributed by atoms with van der Waals surface area (Å²) in [6.45, 7) is 6.90. The third-order valence-electron chi connectivity index (χ3n) is 1.14. The molecule has 0 aliphatic carbocycles. The van der Waals surface area contributed by atoms with Crippen molar-refractivity contribution < 1.29 is 18.8 Å². The average molecular weight is 178 g/mol. The Kier molecular flexibility index (Phi) is 4.08. The van der Waals surface area contributed by atoms with E-state index in [1.165, 1.54) is 0 Å². The van der Waals surface area contributed by atoms with Crippen LogP contribution in [0.1, 0.15) is 13.8 Å². The van der Waals surface area contributed by atoms with Crippen LogP contribution in [0.2, 0.25) is 0 Å². The molecule has 11 heavy (non-hydrogen) atoms. The number of carbonyl (C=O) groups excluding carboxylic acids is 1. The second-order valence-corrected chi connectivity index (χ2v) is 3.07. The Morgan fingerprint density at radius 1 is 1.64 bits per heavy atom. The van der Waals surface area contributed by atoms with Crippen molar-refractivity contribution in [1.82, 2.24) is 0 Å². The molecule has 0 aromatic heterocycles. The van der Waals surface area contributed by atoms with Gasteiger partial charge in [-0.15, -0.1) is 0 Å². The SMILES string of the molecule is C=C(C(=O)O[PH](=O)O)C(C)C. The Hall–Kier alpha value is -0.600. The molecule has 5 heteroatoms. The smallest absolute Gasteiger partial charge is 0.367 e. The molecule has 1 N–H and O–H groups in total. The van der Waals surface area contributed by atoms with Gasteiger partial charge in [-0.2, -0.15) is 0 Å². The molecule has 0 aromatic rings. The third kappa shape index (κ3) is 3.96. The fourth-order valence-corrected chi connectivity index (χ4v) is 0.670. The maximum absolute atomic E-state index is 10.7. The average Bonchev–Trinajstić information content (AvgIpc) is 1.84. The predicted molar refractivity (Wildman–Crippen MR) is 41.3 cm³/mol.